The number of carbonyl (C=O) groups is 1. The second kappa shape index (κ2) is 7.63. The summed E-state index contributed by atoms with van der Waals surface area (Å²) in [6, 6.07) is 11.9. The van der Waals surface area contributed by atoms with Gasteiger partial charge in [0.25, 0.3) is 0 Å². The summed E-state index contributed by atoms with van der Waals surface area (Å²) < 4.78 is 0. The van der Waals surface area contributed by atoms with Crippen LogP contribution in [0.4, 0.5) is 0 Å². The van der Waals surface area contributed by atoms with Crippen molar-refractivity contribution in [2.75, 3.05) is 6.54 Å². The number of amides is 1. The van der Waals surface area contributed by atoms with Gasteiger partial charge in [-0.3, -0.25) is 4.79 Å². The predicted octanol–water partition coefficient (Wildman–Crippen LogP) is 2.23. The van der Waals surface area contributed by atoms with E-state index in [0.29, 0.717) is 19.5 Å². The average molecular weight is 298 g/mol. The van der Waals surface area contributed by atoms with Crippen LogP contribution in [0.3, 0.4) is 0 Å². The highest BCUT2D eigenvalue weighted by molar-refractivity contribution is 7.12. The van der Waals surface area contributed by atoms with Gasteiger partial charge in [-0.1, -0.05) is 41.7 Å². The fourth-order valence-electron chi connectivity index (χ4n) is 1.82. The first-order chi connectivity index (χ1) is 10.2. The molecule has 3 N–H and O–H groups in total. The van der Waals surface area contributed by atoms with Crippen molar-refractivity contribution >= 4 is 17.2 Å². The van der Waals surface area contributed by atoms with Crippen LogP contribution in [0.1, 0.15) is 20.9 Å². The molecule has 1 aromatic heterocycles. The molecule has 0 spiro atoms. The van der Waals surface area contributed by atoms with Crippen molar-refractivity contribution in [1.29, 1.82) is 0 Å². The minimum atomic E-state index is 0.0295. The van der Waals surface area contributed by atoms with Gasteiger partial charge in [-0.15, -0.1) is 11.3 Å². The summed E-state index contributed by atoms with van der Waals surface area (Å²) in [5.41, 5.74) is 7.56. The summed E-state index contributed by atoms with van der Waals surface area (Å²) in [5.74, 6) is 5.84. The van der Waals surface area contributed by atoms with Gasteiger partial charge in [0.2, 0.25) is 5.91 Å². The molecule has 3 nitrogen and oxygen atoms in total. The molecule has 0 aliphatic heterocycles. The van der Waals surface area contributed by atoms with Gasteiger partial charge in [0.05, 0.1) is 24.4 Å². The van der Waals surface area contributed by atoms with E-state index < -0.39 is 0 Å². The summed E-state index contributed by atoms with van der Waals surface area (Å²) >= 11 is 1.58. The molecular formula is C17H18N2OS. The Hall–Kier alpha value is -2.09. The molecule has 0 aliphatic rings. The van der Waals surface area contributed by atoms with E-state index in [-0.39, 0.29) is 5.91 Å². The molecule has 0 saturated carbocycles. The molecule has 0 unspecified atom stereocenters. The molecule has 0 bridgehead atoms. The van der Waals surface area contributed by atoms with Crippen LogP contribution in [0.25, 0.3) is 0 Å². The van der Waals surface area contributed by atoms with Crippen LogP contribution in [0, 0.1) is 18.8 Å². The number of nitrogens with one attached hydrogen (secondary N) is 1. The Labute approximate surface area is 129 Å². The third kappa shape index (κ3) is 5.07. The molecule has 0 aliphatic carbocycles. The minimum Gasteiger partial charge on any atom is -0.351 e. The van der Waals surface area contributed by atoms with Crippen molar-refractivity contribution < 1.29 is 4.79 Å². The molecule has 21 heavy (non-hydrogen) atoms. The van der Waals surface area contributed by atoms with Gasteiger partial charge in [-0.05, 0) is 24.6 Å². The smallest absolute Gasteiger partial charge is 0.224 e. The maximum Gasteiger partial charge on any atom is 0.224 e. The van der Waals surface area contributed by atoms with Gasteiger partial charge in [0.15, 0.2) is 0 Å². The average Bonchev–Trinajstić information content (AvgIpc) is 2.93. The molecule has 2 aromatic rings. The van der Waals surface area contributed by atoms with E-state index in [2.05, 4.69) is 17.2 Å². The second-order valence-corrected chi connectivity index (χ2v) is 5.88. The van der Waals surface area contributed by atoms with Crippen molar-refractivity contribution in [3.8, 4) is 11.8 Å². The lowest BCUT2D eigenvalue weighted by Gasteiger charge is -2.04. The van der Waals surface area contributed by atoms with Gasteiger partial charge in [-0.25, -0.2) is 0 Å². The predicted molar refractivity (Wildman–Crippen MR) is 87.0 cm³/mol. The third-order valence-electron chi connectivity index (χ3n) is 2.92. The number of rotatable bonds is 4. The lowest BCUT2D eigenvalue weighted by Crippen LogP contribution is -2.24. The summed E-state index contributed by atoms with van der Waals surface area (Å²) in [6.07, 6.45) is 0.408. The van der Waals surface area contributed by atoms with E-state index in [1.165, 1.54) is 5.56 Å². The standard InChI is InChI=1S/C17H18N2OS/c1-13-4-6-14(7-5-13)11-17(20)19-12-16-9-8-15(21-16)3-2-10-18/h4-9H,10-12,18H2,1H3,(H,19,20). The quantitative estimate of drug-likeness (QED) is 0.851. The molecule has 0 fully saturated rings. The molecular weight excluding hydrogens is 280 g/mol. The Balaban J connectivity index is 1.83. The first-order valence-electron chi connectivity index (χ1n) is 6.77. The monoisotopic (exact) mass is 298 g/mol. The Kier molecular flexibility index (Phi) is 5.56. The lowest BCUT2D eigenvalue weighted by molar-refractivity contribution is -0.120. The van der Waals surface area contributed by atoms with Crippen LogP contribution < -0.4 is 11.1 Å². The SMILES string of the molecule is Cc1ccc(CC(=O)NCc2ccc(C#CCN)s2)cc1. The summed E-state index contributed by atoms with van der Waals surface area (Å²) in [5, 5.41) is 2.93. The fourth-order valence-corrected chi connectivity index (χ4v) is 2.64. The van der Waals surface area contributed by atoms with Crippen molar-refractivity contribution in [3.05, 3.63) is 57.3 Å². The molecule has 2 rings (SSSR count). The van der Waals surface area contributed by atoms with E-state index >= 15 is 0 Å². The zero-order valence-corrected chi connectivity index (χ0v) is 12.8. The molecule has 108 valence electrons. The van der Waals surface area contributed by atoms with Crippen LogP contribution in [-0.4, -0.2) is 12.5 Å². The van der Waals surface area contributed by atoms with Gasteiger partial charge in [0.1, 0.15) is 0 Å². The topological polar surface area (TPSA) is 55.1 Å². The van der Waals surface area contributed by atoms with Crippen molar-refractivity contribution in [1.82, 2.24) is 5.32 Å². The van der Waals surface area contributed by atoms with E-state index in [4.69, 9.17) is 5.73 Å². The number of nitrogens with two attached hydrogens (primary N) is 1. The second-order valence-electron chi connectivity index (χ2n) is 4.71. The summed E-state index contributed by atoms with van der Waals surface area (Å²) in [4.78, 5) is 14.0. The van der Waals surface area contributed by atoms with Crippen LogP contribution in [0.2, 0.25) is 0 Å². The van der Waals surface area contributed by atoms with Crippen LogP contribution in [0.5, 0.6) is 0 Å². The first-order valence-corrected chi connectivity index (χ1v) is 7.59. The highest BCUT2D eigenvalue weighted by atomic mass is 32.1. The number of benzene rings is 1. The zero-order chi connectivity index (χ0) is 15.1. The lowest BCUT2D eigenvalue weighted by atomic mass is 10.1. The molecule has 0 saturated heterocycles. The van der Waals surface area contributed by atoms with Gasteiger partial charge in [-0.2, -0.15) is 0 Å². The Morgan fingerprint density at radius 1 is 1.24 bits per heavy atom. The number of aryl methyl sites for hydroxylation is 1. The third-order valence-corrected chi connectivity index (χ3v) is 3.92. The normalized spacial score (nSPS) is 9.81. The van der Waals surface area contributed by atoms with E-state index in [1.807, 2.05) is 43.3 Å². The zero-order valence-electron chi connectivity index (χ0n) is 12.0. The molecule has 4 heteroatoms. The number of thiophene rings is 1. The Morgan fingerprint density at radius 3 is 2.71 bits per heavy atom. The molecule has 1 amide bonds. The number of carbonyl (C=O) groups excluding carboxylic acids is 1. The Bertz CT molecular complexity index is 662. The van der Waals surface area contributed by atoms with Crippen LogP contribution in [-0.2, 0) is 17.8 Å². The van der Waals surface area contributed by atoms with Crippen molar-refractivity contribution in [2.45, 2.75) is 19.9 Å². The van der Waals surface area contributed by atoms with Crippen molar-refractivity contribution in [2.24, 2.45) is 5.73 Å². The highest BCUT2D eigenvalue weighted by Crippen LogP contribution is 2.15. The summed E-state index contributed by atoms with van der Waals surface area (Å²) in [7, 11) is 0. The van der Waals surface area contributed by atoms with E-state index in [1.54, 1.807) is 11.3 Å². The van der Waals surface area contributed by atoms with E-state index in [9.17, 15) is 4.79 Å². The Morgan fingerprint density at radius 2 is 2.00 bits per heavy atom. The van der Waals surface area contributed by atoms with Gasteiger partial charge in [0, 0.05) is 4.88 Å². The van der Waals surface area contributed by atoms with Crippen molar-refractivity contribution in [3.63, 3.8) is 0 Å². The van der Waals surface area contributed by atoms with Gasteiger partial charge >= 0.3 is 0 Å². The fraction of sp³-hybridized carbons (Fsp3) is 0.235. The first kappa shape index (κ1) is 15.3. The van der Waals surface area contributed by atoms with E-state index in [0.717, 1.165) is 15.3 Å². The highest BCUT2D eigenvalue weighted by Gasteiger charge is 2.04. The van der Waals surface area contributed by atoms with Crippen LogP contribution >= 0.6 is 11.3 Å². The number of hydrogen-bond donors (Lipinski definition) is 2. The maximum absolute atomic E-state index is 11.9. The molecule has 0 radical (unpaired) electrons. The maximum atomic E-state index is 11.9. The largest absolute Gasteiger partial charge is 0.351 e. The molecule has 1 heterocycles. The van der Waals surface area contributed by atoms with Crippen LogP contribution in [0.15, 0.2) is 36.4 Å². The molecule has 0 atom stereocenters. The van der Waals surface area contributed by atoms with Gasteiger partial charge < -0.3 is 11.1 Å². The number of hydrogen-bond acceptors (Lipinski definition) is 3. The molecule has 1 aromatic carbocycles. The summed E-state index contributed by atoms with van der Waals surface area (Å²) in [6.45, 7) is 2.94. The minimum absolute atomic E-state index is 0.0295.